The highest BCUT2D eigenvalue weighted by Gasteiger charge is 2.13. The Morgan fingerprint density at radius 3 is 2.75 bits per heavy atom. The molecule has 3 N–H and O–H groups in total. The van der Waals surface area contributed by atoms with Gasteiger partial charge in [0.05, 0.1) is 0 Å². The minimum atomic E-state index is -0.244. The molecule has 1 aromatic carbocycles. The van der Waals surface area contributed by atoms with Gasteiger partial charge in [-0.15, -0.1) is 0 Å². The minimum absolute atomic E-state index is 0.244. The maximum absolute atomic E-state index is 11.8. The van der Waals surface area contributed by atoms with Crippen molar-refractivity contribution in [3.63, 3.8) is 0 Å². The quantitative estimate of drug-likeness (QED) is 0.802. The van der Waals surface area contributed by atoms with Crippen LogP contribution in [0.3, 0.4) is 0 Å². The van der Waals surface area contributed by atoms with Crippen LogP contribution in [0.25, 0.3) is 11.3 Å². The van der Waals surface area contributed by atoms with Crippen LogP contribution in [0.1, 0.15) is 23.3 Å². The van der Waals surface area contributed by atoms with E-state index in [0.717, 1.165) is 18.4 Å². The molecule has 5 nitrogen and oxygen atoms in total. The molecular weight excluding hydrogens is 278 g/mol. The van der Waals surface area contributed by atoms with Crippen LogP contribution in [0.15, 0.2) is 34.9 Å². The molecule has 0 aliphatic rings. The molecule has 0 bridgehead atoms. The highest BCUT2D eigenvalue weighted by Crippen LogP contribution is 2.22. The SMILES string of the molecule is NCCCCNC(=O)c1cc(-c2ccc(Cl)cc2)on1. The van der Waals surface area contributed by atoms with E-state index in [1.165, 1.54) is 0 Å². The molecule has 2 rings (SSSR count). The van der Waals surface area contributed by atoms with Gasteiger partial charge in [-0.2, -0.15) is 0 Å². The lowest BCUT2D eigenvalue weighted by molar-refractivity contribution is 0.0944. The van der Waals surface area contributed by atoms with Crippen LogP contribution in [0.2, 0.25) is 5.02 Å². The average Bonchev–Trinajstić information content (AvgIpc) is 2.94. The van der Waals surface area contributed by atoms with Gasteiger partial charge in [0.2, 0.25) is 0 Å². The molecule has 0 aliphatic carbocycles. The molecule has 0 saturated heterocycles. The number of nitrogens with zero attached hydrogens (tertiary/aromatic N) is 1. The van der Waals surface area contributed by atoms with E-state index in [2.05, 4.69) is 10.5 Å². The van der Waals surface area contributed by atoms with Crippen molar-refractivity contribution in [3.8, 4) is 11.3 Å². The number of rotatable bonds is 6. The summed E-state index contributed by atoms with van der Waals surface area (Å²) in [5.74, 6) is 0.291. The van der Waals surface area contributed by atoms with Gasteiger partial charge in [-0.05, 0) is 43.7 Å². The number of carbonyl (C=O) groups excluding carboxylic acids is 1. The number of nitrogens with one attached hydrogen (secondary N) is 1. The van der Waals surface area contributed by atoms with Crippen molar-refractivity contribution in [2.24, 2.45) is 5.73 Å². The highest BCUT2D eigenvalue weighted by atomic mass is 35.5. The van der Waals surface area contributed by atoms with E-state index < -0.39 is 0 Å². The Labute approximate surface area is 122 Å². The van der Waals surface area contributed by atoms with Gasteiger partial charge in [0.15, 0.2) is 11.5 Å². The maximum atomic E-state index is 11.8. The first-order chi connectivity index (χ1) is 9.70. The van der Waals surface area contributed by atoms with Gasteiger partial charge in [0, 0.05) is 23.2 Å². The smallest absolute Gasteiger partial charge is 0.273 e. The molecule has 106 valence electrons. The van der Waals surface area contributed by atoms with Crippen LogP contribution in [-0.4, -0.2) is 24.2 Å². The third-order valence-corrected chi connectivity index (χ3v) is 3.04. The van der Waals surface area contributed by atoms with Gasteiger partial charge in [-0.3, -0.25) is 4.79 Å². The summed E-state index contributed by atoms with van der Waals surface area (Å²) >= 11 is 5.82. The molecule has 0 spiro atoms. The summed E-state index contributed by atoms with van der Waals surface area (Å²) in [6.07, 6.45) is 1.74. The molecule has 0 saturated carbocycles. The van der Waals surface area contributed by atoms with Gasteiger partial charge in [-0.25, -0.2) is 0 Å². The number of unbranched alkanes of at least 4 members (excludes halogenated alkanes) is 1. The zero-order valence-electron chi connectivity index (χ0n) is 10.9. The third kappa shape index (κ3) is 3.82. The number of hydrogen-bond donors (Lipinski definition) is 2. The lowest BCUT2D eigenvalue weighted by Crippen LogP contribution is -2.25. The van der Waals surface area contributed by atoms with Crippen molar-refractivity contribution in [2.45, 2.75) is 12.8 Å². The van der Waals surface area contributed by atoms with E-state index >= 15 is 0 Å². The predicted octanol–water partition coefficient (Wildman–Crippen LogP) is 2.46. The zero-order chi connectivity index (χ0) is 14.4. The fraction of sp³-hybridized carbons (Fsp3) is 0.286. The standard InChI is InChI=1S/C14H16ClN3O2/c15-11-5-3-10(4-6-11)13-9-12(18-20-13)14(19)17-8-2-1-7-16/h3-6,9H,1-2,7-8,16H2,(H,17,19). The molecule has 0 radical (unpaired) electrons. The molecule has 6 heteroatoms. The predicted molar refractivity (Wildman–Crippen MR) is 77.6 cm³/mol. The Morgan fingerprint density at radius 2 is 2.05 bits per heavy atom. The fourth-order valence-electron chi connectivity index (χ4n) is 1.69. The Bertz CT molecular complexity index is 566. The number of nitrogens with two attached hydrogens (primary N) is 1. The first-order valence-electron chi connectivity index (χ1n) is 6.41. The number of benzene rings is 1. The van der Waals surface area contributed by atoms with Crippen LogP contribution in [0.4, 0.5) is 0 Å². The molecule has 1 heterocycles. The maximum Gasteiger partial charge on any atom is 0.273 e. The van der Waals surface area contributed by atoms with Gasteiger partial charge >= 0.3 is 0 Å². The molecule has 1 amide bonds. The van der Waals surface area contributed by atoms with Crippen molar-refractivity contribution < 1.29 is 9.32 Å². The van der Waals surface area contributed by atoms with Crippen LogP contribution in [-0.2, 0) is 0 Å². The molecule has 20 heavy (non-hydrogen) atoms. The number of amides is 1. The molecule has 0 aliphatic heterocycles. The minimum Gasteiger partial charge on any atom is -0.355 e. The van der Waals surface area contributed by atoms with Gasteiger partial charge in [0.1, 0.15) is 0 Å². The van der Waals surface area contributed by atoms with E-state index in [0.29, 0.717) is 23.9 Å². The van der Waals surface area contributed by atoms with Crippen LogP contribution in [0, 0.1) is 0 Å². The van der Waals surface area contributed by atoms with Crippen LogP contribution in [0.5, 0.6) is 0 Å². The summed E-state index contributed by atoms with van der Waals surface area (Å²) in [4.78, 5) is 11.8. The second-order valence-electron chi connectivity index (χ2n) is 4.33. The first kappa shape index (κ1) is 14.6. The van der Waals surface area contributed by atoms with Crippen molar-refractivity contribution in [3.05, 3.63) is 41.0 Å². The molecule has 1 aromatic heterocycles. The van der Waals surface area contributed by atoms with E-state index in [1.807, 2.05) is 12.1 Å². The Kier molecular flexibility index (Phi) is 5.15. The molecule has 0 fully saturated rings. The molecule has 2 aromatic rings. The average molecular weight is 294 g/mol. The third-order valence-electron chi connectivity index (χ3n) is 2.79. The molecule has 0 unspecified atom stereocenters. The van der Waals surface area contributed by atoms with Crippen molar-refractivity contribution in [1.82, 2.24) is 10.5 Å². The second-order valence-corrected chi connectivity index (χ2v) is 4.77. The summed E-state index contributed by atoms with van der Waals surface area (Å²) in [5.41, 5.74) is 6.48. The summed E-state index contributed by atoms with van der Waals surface area (Å²) in [6, 6.07) is 8.75. The van der Waals surface area contributed by atoms with E-state index in [4.69, 9.17) is 21.9 Å². The van der Waals surface area contributed by atoms with E-state index in [9.17, 15) is 4.79 Å². The van der Waals surface area contributed by atoms with Gasteiger partial charge < -0.3 is 15.6 Å². The van der Waals surface area contributed by atoms with Crippen LogP contribution >= 0.6 is 11.6 Å². The Hall–Kier alpha value is -1.85. The first-order valence-corrected chi connectivity index (χ1v) is 6.79. The lowest BCUT2D eigenvalue weighted by Gasteiger charge is -2.00. The largest absolute Gasteiger partial charge is 0.355 e. The fourth-order valence-corrected chi connectivity index (χ4v) is 1.82. The van der Waals surface area contributed by atoms with Crippen molar-refractivity contribution in [1.29, 1.82) is 0 Å². The summed E-state index contributed by atoms with van der Waals surface area (Å²) in [7, 11) is 0. The van der Waals surface area contributed by atoms with E-state index in [1.54, 1.807) is 18.2 Å². The van der Waals surface area contributed by atoms with Crippen LogP contribution < -0.4 is 11.1 Å². The second kappa shape index (κ2) is 7.07. The van der Waals surface area contributed by atoms with Gasteiger partial charge in [-0.1, -0.05) is 16.8 Å². The van der Waals surface area contributed by atoms with E-state index in [-0.39, 0.29) is 11.6 Å². The Balaban J connectivity index is 1.98. The summed E-state index contributed by atoms with van der Waals surface area (Å²) < 4.78 is 5.17. The normalized spacial score (nSPS) is 10.5. The molecular formula is C14H16ClN3O2. The highest BCUT2D eigenvalue weighted by molar-refractivity contribution is 6.30. The lowest BCUT2D eigenvalue weighted by atomic mass is 10.1. The number of aromatic nitrogens is 1. The molecule has 0 atom stereocenters. The Morgan fingerprint density at radius 1 is 1.30 bits per heavy atom. The number of halogens is 1. The summed E-state index contributed by atoms with van der Waals surface area (Å²) in [6.45, 7) is 1.21. The van der Waals surface area contributed by atoms with Crippen molar-refractivity contribution >= 4 is 17.5 Å². The number of hydrogen-bond acceptors (Lipinski definition) is 4. The topological polar surface area (TPSA) is 81.1 Å². The monoisotopic (exact) mass is 293 g/mol. The summed E-state index contributed by atoms with van der Waals surface area (Å²) in [5, 5.41) is 7.18. The zero-order valence-corrected chi connectivity index (χ0v) is 11.7. The van der Waals surface area contributed by atoms with Gasteiger partial charge in [0.25, 0.3) is 5.91 Å². The van der Waals surface area contributed by atoms with Crippen molar-refractivity contribution in [2.75, 3.05) is 13.1 Å². The number of carbonyl (C=O) groups is 1.